The second-order valence-corrected chi connectivity index (χ2v) is 11.6. The second-order valence-electron chi connectivity index (χ2n) is 11.6. The molecule has 1 heterocycles. The molecule has 5 atom stereocenters. The summed E-state index contributed by atoms with van der Waals surface area (Å²) in [7, 11) is 3.71. The van der Waals surface area contributed by atoms with E-state index in [1.54, 1.807) is 18.0 Å². The third-order valence-corrected chi connectivity index (χ3v) is 7.59. The molecule has 0 aromatic rings. The monoisotopic (exact) mass is 463 g/mol. The molecule has 1 aliphatic carbocycles. The zero-order valence-corrected chi connectivity index (χ0v) is 21.9. The Morgan fingerprint density at radius 3 is 2.21 bits per heavy atom. The van der Waals surface area contributed by atoms with Gasteiger partial charge in [-0.3, -0.25) is 14.5 Å². The van der Waals surface area contributed by atoms with Crippen molar-refractivity contribution in [1.29, 1.82) is 0 Å². The Balaban J connectivity index is 2.21. The lowest BCUT2D eigenvalue weighted by Crippen LogP contribution is -2.60. The summed E-state index contributed by atoms with van der Waals surface area (Å²) >= 11 is 0. The summed E-state index contributed by atoms with van der Waals surface area (Å²) in [6.07, 6.45) is 7.45. The highest BCUT2D eigenvalue weighted by Gasteiger charge is 2.42. The molecule has 33 heavy (non-hydrogen) atoms. The highest BCUT2D eigenvalue weighted by Crippen LogP contribution is 2.38. The molecule has 7 nitrogen and oxygen atoms in total. The minimum absolute atomic E-state index is 0.0253. The van der Waals surface area contributed by atoms with E-state index >= 15 is 0 Å². The average molecular weight is 464 g/mol. The summed E-state index contributed by atoms with van der Waals surface area (Å²) in [5, 5.41) is 12.4. The number of aliphatic carboxylic acids is 1. The van der Waals surface area contributed by atoms with Crippen molar-refractivity contribution in [3.05, 3.63) is 11.6 Å². The van der Waals surface area contributed by atoms with Crippen molar-refractivity contribution in [3.8, 4) is 0 Å². The van der Waals surface area contributed by atoms with Gasteiger partial charge in [-0.1, -0.05) is 60.0 Å². The summed E-state index contributed by atoms with van der Waals surface area (Å²) in [4.78, 5) is 42.2. The van der Waals surface area contributed by atoms with Crippen LogP contribution in [0.1, 0.15) is 73.6 Å². The number of nitrogens with zero attached hydrogens (tertiary/aromatic N) is 2. The Hall–Kier alpha value is -1.89. The van der Waals surface area contributed by atoms with Crippen LogP contribution in [-0.2, 0) is 14.4 Å². The lowest BCUT2D eigenvalue weighted by Gasteiger charge is -2.45. The number of carboxylic acid groups (broad SMARTS) is 1. The Morgan fingerprint density at radius 2 is 1.70 bits per heavy atom. The minimum Gasteiger partial charge on any atom is -0.478 e. The zero-order chi connectivity index (χ0) is 25.1. The molecule has 0 aromatic carbocycles. The Labute approximate surface area is 200 Å². The van der Waals surface area contributed by atoms with Gasteiger partial charge in [0, 0.05) is 19.2 Å². The number of piperidine rings is 1. The molecule has 2 amide bonds. The average Bonchev–Trinajstić information content (AvgIpc) is 2.72. The van der Waals surface area contributed by atoms with E-state index in [1.165, 1.54) is 32.6 Å². The minimum atomic E-state index is -0.997. The highest BCUT2D eigenvalue weighted by molar-refractivity contribution is 5.91. The van der Waals surface area contributed by atoms with Gasteiger partial charge in [-0.2, -0.15) is 0 Å². The van der Waals surface area contributed by atoms with Crippen molar-refractivity contribution in [3.63, 3.8) is 0 Å². The fourth-order valence-corrected chi connectivity index (χ4v) is 5.42. The molecule has 2 aliphatic rings. The number of carbonyl (C=O) groups excluding carboxylic acids is 2. The third-order valence-electron chi connectivity index (χ3n) is 7.59. The van der Waals surface area contributed by atoms with Gasteiger partial charge in [0.05, 0.1) is 12.1 Å². The number of hydrogen-bond donors (Lipinski definition) is 2. The van der Waals surface area contributed by atoms with Gasteiger partial charge in [0.15, 0.2) is 0 Å². The first kappa shape index (κ1) is 27.4. The quantitative estimate of drug-likeness (QED) is 0.564. The Bertz CT molecular complexity index is 755. The second kappa shape index (κ2) is 11.0. The van der Waals surface area contributed by atoms with Crippen LogP contribution in [-0.4, -0.2) is 71.5 Å². The van der Waals surface area contributed by atoms with Gasteiger partial charge in [0.1, 0.15) is 6.04 Å². The largest absolute Gasteiger partial charge is 0.478 e. The lowest BCUT2D eigenvalue weighted by atomic mass is 9.73. The molecular weight excluding hydrogens is 418 g/mol. The van der Waals surface area contributed by atoms with Crippen LogP contribution in [0.4, 0.5) is 0 Å². The summed E-state index contributed by atoms with van der Waals surface area (Å²) in [5.74, 6) is 0.0158. The van der Waals surface area contributed by atoms with Crippen LogP contribution >= 0.6 is 0 Å². The van der Waals surface area contributed by atoms with Crippen LogP contribution in [0.15, 0.2) is 11.6 Å². The molecule has 0 radical (unpaired) electrons. The molecule has 0 aromatic heterocycles. The van der Waals surface area contributed by atoms with Crippen molar-refractivity contribution < 1.29 is 19.5 Å². The van der Waals surface area contributed by atoms with Crippen molar-refractivity contribution >= 4 is 17.8 Å². The van der Waals surface area contributed by atoms with Crippen molar-refractivity contribution in [1.82, 2.24) is 15.1 Å². The van der Waals surface area contributed by atoms with Crippen LogP contribution in [0, 0.1) is 23.2 Å². The van der Waals surface area contributed by atoms with Crippen LogP contribution in [0.5, 0.6) is 0 Å². The fraction of sp³-hybridized carbons (Fsp3) is 0.808. The van der Waals surface area contributed by atoms with E-state index in [1.807, 2.05) is 41.7 Å². The molecule has 1 saturated heterocycles. The summed E-state index contributed by atoms with van der Waals surface area (Å²) in [6.45, 7) is 12.3. The molecule has 7 heteroatoms. The normalized spacial score (nSPS) is 26.3. The number of likely N-dealkylation sites (tertiary alicyclic amines) is 1. The Morgan fingerprint density at radius 1 is 1.12 bits per heavy atom. The summed E-state index contributed by atoms with van der Waals surface area (Å²) < 4.78 is 0. The maximum absolute atomic E-state index is 13.6. The molecule has 0 spiro atoms. The molecular formula is C26H45N3O4. The highest BCUT2D eigenvalue weighted by atomic mass is 16.4. The Kier molecular flexibility index (Phi) is 9.14. The number of likely N-dealkylation sites (N-methyl/N-ethyl adjacent to an activating group) is 2. The maximum Gasteiger partial charge on any atom is 0.331 e. The van der Waals surface area contributed by atoms with E-state index in [2.05, 4.69) is 10.2 Å². The first-order valence-corrected chi connectivity index (χ1v) is 12.4. The molecule has 1 aliphatic heterocycles. The van der Waals surface area contributed by atoms with Crippen molar-refractivity contribution in [2.24, 2.45) is 23.2 Å². The van der Waals surface area contributed by atoms with Crippen molar-refractivity contribution in [2.45, 2.75) is 91.8 Å². The van der Waals surface area contributed by atoms with Gasteiger partial charge in [-0.25, -0.2) is 4.79 Å². The smallest absolute Gasteiger partial charge is 0.331 e. The number of rotatable bonds is 7. The molecule has 0 bridgehead atoms. The third kappa shape index (κ3) is 6.81. The molecule has 188 valence electrons. The van der Waals surface area contributed by atoms with Crippen molar-refractivity contribution in [2.75, 3.05) is 20.6 Å². The standard InChI is InChI=1S/C26H45N3O4/c1-16(2)20(13-17(3)25(32)33)29(8)24(31)22(26(4,5)6)27-23(30)21-14-18-11-9-10-12-19(18)15-28(21)7/h13,16,18-22H,9-12,14-15H2,1-8H3,(H,27,30)(H,32,33)/b17-13+. The fourth-order valence-electron chi connectivity index (χ4n) is 5.42. The van der Waals surface area contributed by atoms with Gasteiger partial charge in [0.2, 0.25) is 11.8 Å². The number of amides is 2. The van der Waals surface area contributed by atoms with E-state index in [0.29, 0.717) is 11.8 Å². The van der Waals surface area contributed by atoms with E-state index in [-0.39, 0.29) is 35.4 Å². The molecule has 2 N–H and O–H groups in total. The molecule has 5 unspecified atom stereocenters. The molecule has 2 rings (SSSR count). The van der Waals surface area contributed by atoms with E-state index in [4.69, 9.17) is 0 Å². The number of fused-ring (bicyclic) bond motifs is 1. The first-order valence-electron chi connectivity index (χ1n) is 12.4. The number of carboxylic acids is 1. The van der Waals surface area contributed by atoms with Gasteiger partial charge in [-0.15, -0.1) is 0 Å². The van der Waals surface area contributed by atoms with Crippen LogP contribution in [0.2, 0.25) is 0 Å². The van der Waals surface area contributed by atoms with Gasteiger partial charge >= 0.3 is 5.97 Å². The SMILES string of the molecule is C/C(=C\C(C(C)C)N(C)C(=O)C(NC(=O)C1CC2CCCCC2CN1C)C(C)(C)C)C(=O)O. The summed E-state index contributed by atoms with van der Waals surface area (Å²) in [6, 6.07) is -1.30. The van der Waals surface area contributed by atoms with Gasteiger partial charge < -0.3 is 15.3 Å². The lowest BCUT2D eigenvalue weighted by molar-refractivity contribution is -0.142. The number of nitrogens with one attached hydrogen (secondary N) is 1. The van der Waals surface area contributed by atoms with Gasteiger partial charge in [0.25, 0.3) is 0 Å². The number of carbonyl (C=O) groups is 3. The summed E-state index contributed by atoms with van der Waals surface area (Å²) in [5.41, 5.74) is -0.287. The zero-order valence-electron chi connectivity index (χ0n) is 21.9. The molecule has 1 saturated carbocycles. The maximum atomic E-state index is 13.6. The number of hydrogen-bond acceptors (Lipinski definition) is 4. The van der Waals surface area contributed by atoms with Crippen LogP contribution in [0.25, 0.3) is 0 Å². The van der Waals surface area contributed by atoms with Crippen LogP contribution in [0.3, 0.4) is 0 Å². The first-order chi connectivity index (χ1) is 15.2. The van der Waals surface area contributed by atoms with E-state index < -0.39 is 17.4 Å². The van der Waals surface area contributed by atoms with Gasteiger partial charge in [-0.05, 0) is 50.0 Å². The predicted molar refractivity (Wildman–Crippen MR) is 131 cm³/mol. The van der Waals surface area contributed by atoms with Crippen LogP contribution < -0.4 is 5.32 Å². The topological polar surface area (TPSA) is 90.0 Å². The molecule has 2 fully saturated rings. The predicted octanol–water partition coefficient (Wildman–Crippen LogP) is 3.54. The van der Waals surface area contributed by atoms with E-state index in [0.717, 1.165) is 13.0 Å². The van der Waals surface area contributed by atoms with E-state index in [9.17, 15) is 19.5 Å².